The van der Waals surface area contributed by atoms with E-state index in [9.17, 15) is 9.59 Å². The van der Waals surface area contributed by atoms with Crippen LogP contribution in [0.25, 0.3) is 0 Å². The van der Waals surface area contributed by atoms with Gasteiger partial charge in [-0.05, 0) is 50.6 Å². The Morgan fingerprint density at radius 1 is 0.611 bits per heavy atom. The molecule has 0 aliphatic heterocycles. The summed E-state index contributed by atoms with van der Waals surface area (Å²) in [5.41, 5.74) is 6.88. The molecule has 0 radical (unpaired) electrons. The monoisotopic (exact) mass is 473 g/mol. The van der Waals surface area contributed by atoms with E-state index in [2.05, 4.69) is 4.98 Å². The quantitative estimate of drug-likeness (QED) is 0.255. The van der Waals surface area contributed by atoms with Crippen LogP contribution >= 0.6 is 0 Å². The van der Waals surface area contributed by atoms with Crippen LogP contribution in [0.4, 0.5) is 0 Å². The van der Waals surface area contributed by atoms with E-state index in [1.54, 1.807) is 12.1 Å². The maximum atomic E-state index is 13.1. The Balaban J connectivity index is 1.51. The summed E-state index contributed by atoms with van der Waals surface area (Å²) in [6.45, 7) is 6.02. The first-order chi connectivity index (χ1) is 17.4. The van der Waals surface area contributed by atoms with E-state index < -0.39 is 0 Å². The molecule has 0 amide bonds. The molecule has 5 aromatic rings. The fraction of sp³-hybridized carbons (Fsp3) is 0.125. The molecule has 0 saturated carbocycles. The summed E-state index contributed by atoms with van der Waals surface area (Å²) < 4.78 is 6.14. The molecular formula is C32H27NO3. The molecule has 0 aliphatic carbocycles. The highest BCUT2D eigenvalue weighted by molar-refractivity contribution is 6.08. The van der Waals surface area contributed by atoms with Gasteiger partial charge in [0.15, 0.2) is 5.76 Å². The van der Waals surface area contributed by atoms with Crippen LogP contribution in [-0.2, 0) is 0 Å². The molecule has 178 valence electrons. The number of aromatic nitrogens is 1. The van der Waals surface area contributed by atoms with Crippen molar-refractivity contribution in [2.75, 3.05) is 0 Å². The van der Waals surface area contributed by atoms with Gasteiger partial charge in [0.25, 0.3) is 0 Å². The second-order valence-electron chi connectivity index (χ2n) is 9.26. The van der Waals surface area contributed by atoms with E-state index >= 15 is 0 Å². The number of H-pyrrole nitrogens is 1. The summed E-state index contributed by atoms with van der Waals surface area (Å²) >= 11 is 0. The standard InChI is InChI=1S/C32H27NO3/c1-20-4-10-23(11-5-20)30(26-16-17-27(33-26)31(34)24-12-6-21(2)7-13-24)28-18-19-29(36-28)32(35)25-14-8-22(3)9-15-25/h4-19,30,33H,1-3H3. The van der Waals surface area contributed by atoms with Crippen molar-refractivity contribution in [3.05, 3.63) is 153 Å². The lowest BCUT2D eigenvalue weighted by molar-refractivity contribution is 0.101. The second kappa shape index (κ2) is 9.67. The van der Waals surface area contributed by atoms with Gasteiger partial charge >= 0.3 is 0 Å². The minimum atomic E-state index is -0.301. The summed E-state index contributed by atoms with van der Waals surface area (Å²) in [5.74, 6) is 0.382. The smallest absolute Gasteiger partial charge is 0.228 e. The van der Waals surface area contributed by atoms with E-state index in [-0.39, 0.29) is 23.2 Å². The lowest BCUT2D eigenvalue weighted by atomic mass is 9.93. The zero-order chi connectivity index (χ0) is 25.2. The van der Waals surface area contributed by atoms with Crippen LogP contribution in [0.2, 0.25) is 0 Å². The number of benzene rings is 3. The van der Waals surface area contributed by atoms with Gasteiger partial charge in [0.2, 0.25) is 11.6 Å². The van der Waals surface area contributed by atoms with Crippen molar-refractivity contribution in [3.63, 3.8) is 0 Å². The molecular weight excluding hydrogens is 446 g/mol. The van der Waals surface area contributed by atoms with Crippen molar-refractivity contribution >= 4 is 11.6 Å². The molecule has 4 nitrogen and oxygen atoms in total. The van der Waals surface area contributed by atoms with Crippen molar-refractivity contribution in [2.45, 2.75) is 26.7 Å². The highest BCUT2D eigenvalue weighted by Gasteiger charge is 2.25. The number of carbonyl (C=O) groups excluding carboxylic acids is 2. The average Bonchev–Trinajstić information content (AvgIpc) is 3.56. The number of ketones is 2. The van der Waals surface area contributed by atoms with Gasteiger partial charge in [0, 0.05) is 16.8 Å². The molecule has 0 bridgehead atoms. The van der Waals surface area contributed by atoms with Gasteiger partial charge in [-0.2, -0.15) is 0 Å². The molecule has 5 rings (SSSR count). The number of hydrogen-bond acceptors (Lipinski definition) is 3. The third-order valence-corrected chi connectivity index (χ3v) is 6.44. The molecule has 1 atom stereocenters. The molecule has 2 heterocycles. The summed E-state index contributed by atoms with van der Waals surface area (Å²) in [5, 5.41) is 0. The first-order valence-electron chi connectivity index (χ1n) is 12.0. The predicted octanol–water partition coefficient (Wildman–Crippen LogP) is 7.18. The Morgan fingerprint density at radius 3 is 1.72 bits per heavy atom. The van der Waals surface area contributed by atoms with E-state index in [1.807, 2.05) is 106 Å². The number of nitrogens with one attached hydrogen (secondary N) is 1. The molecule has 4 heteroatoms. The van der Waals surface area contributed by atoms with Crippen LogP contribution in [0.3, 0.4) is 0 Å². The van der Waals surface area contributed by atoms with Gasteiger partial charge in [-0.3, -0.25) is 9.59 Å². The summed E-state index contributed by atoms with van der Waals surface area (Å²) in [6.07, 6.45) is 0. The molecule has 0 spiro atoms. The van der Waals surface area contributed by atoms with Crippen molar-refractivity contribution in [2.24, 2.45) is 0 Å². The Morgan fingerprint density at radius 2 is 1.14 bits per heavy atom. The van der Waals surface area contributed by atoms with Crippen LogP contribution in [0, 0.1) is 20.8 Å². The SMILES string of the molecule is Cc1ccc(C(=O)c2ccc(C(c3ccc(C)cc3)c3ccc(C(=O)c4ccc(C)cc4)o3)[nH]2)cc1. The summed E-state index contributed by atoms with van der Waals surface area (Å²) in [6, 6.07) is 30.5. The fourth-order valence-electron chi connectivity index (χ4n) is 4.31. The molecule has 2 aromatic heterocycles. The first-order valence-corrected chi connectivity index (χ1v) is 12.0. The normalized spacial score (nSPS) is 11.9. The molecule has 0 aliphatic rings. The highest BCUT2D eigenvalue weighted by Crippen LogP contribution is 2.33. The third-order valence-electron chi connectivity index (χ3n) is 6.44. The number of aromatic amines is 1. The maximum Gasteiger partial charge on any atom is 0.228 e. The number of carbonyl (C=O) groups is 2. The molecule has 3 aromatic carbocycles. The second-order valence-corrected chi connectivity index (χ2v) is 9.26. The zero-order valence-electron chi connectivity index (χ0n) is 20.5. The van der Waals surface area contributed by atoms with Crippen molar-refractivity contribution < 1.29 is 14.0 Å². The highest BCUT2D eigenvalue weighted by atomic mass is 16.3. The maximum absolute atomic E-state index is 13.1. The van der Waals surface area contributed by atoms with Crippen LogP contribution < -0.4 is 0 Å². The van der Waals surface area contributed by atoms with Gasteiger partial charge < -0.3 is 9.40 Å². The number of furan rings is 1. The molecule has 1 unspecified atom stereocenters. The zero-order valence-corrected chi connectivity index (χ0v) is 20.5. The minimum Gasteiger partial charge on any atom is -0.457 e. The van der Waals surface area contributed by atoms with Gasteiger partial charge in [0.05, 0.1) is 11.6 Å². The third kappa shape index (κ3) is 4.71. The van der Waals surface area contributed by atoms with Crippen LogP contribution in [0.1, 0.15) is 71.8 Å². The largest absolute Gasteiger partial charge is 0.457 e. The predicted molar refractivity (Wildman–Crippen MR) is 141 cm³/mol. The Kier molecular flexibility index (Phi) is 6.26. The van der Waals surface area contributed by atoms with Crippen LogP contribution in [-0.4, -0.2) is 16.6 Å². The van der Waals surface area contributed by atoms with E-state index in [0.29, 0.717) is 22.6 Å². The molecule has 0 saturated heterocycles. The number of hydrogen-bond donors (Lipinski definition) is 1. The summed E-state index contributed by atoms with van der Waals surface area (Å²) in [7, 11) is 0. The van der Waals surface area contributed by atoms with Gasteiger partial charge in [-0.1, -0.05) is 89.5 Å². The Labute approximate surface area is 210 Å². The van der Waals surface area contributed by atoms with Crippen LogP contribution in [0.15, 0.2) is 101 Å². The molecule has 0 fully saturated rings. The van der Waals surface area contributed by atoms with E-state index in [1.165, 1.54) is 0 Å². The minimum absolute atomic E-state index is 0.0708. The molecule has 36 heavy (non-hydrogen) atoms. The van der Waals surface area contributed by atoms with Crippen molar-refractivity contribution in [1.82, 2.24) is 4.98 Å². The Hall–Kier alpha value is -4.44. The lowest BCUT2D eigenvalue weighted by Gasteiger charge is -2.15. The first kappa shape index (κ1) is 23.3. The number of aryl methyl sites for hydroxylation is 3. The lowest BCUT2D eigenvalue weighted by Crippen LogP contribution is -2.06. The van der Waals surface area contributed by atoms with Gasteiger partial charge in [-0.15, -0.1) is 0 Å². The fourth-order valence-corrected chi connectivity index (χ4v) is 4.31. The van der Waals surface area contributed by atoms with Crippen molar-refractivity contribution in [3.8, 4) is 0 Å². The van der Waals surface area contributed by atoms with E-state index in [4.69, 9.17) is 4.42 Å². The number of rotatable bonds is 7. The molecule has 1 N–H and O–H groups in total. The van der Waals surface area contributed by atoms with E-state index in [0.717, 1.165) is 27.9 Å². The van der Waals surface area contributed by atoms with Gasteiger partial charge in [-0.25, -0.2) is 0 Å². The van der Waals surface area contributed by atoms with Gasteiger partial charge in [0.1, 0.15) is 5.76 Å². The van der Waals surface area contributed by atoms with Crippen molar-refractivity contribution in [1.29, 1.82) is 0 Å². The Bertz CT molecular complexity index is 1420. The van der Waals surface area contributed by atoms with Crippen LogP contribution in [0.5, 0.6) is 0 Å². The average molecular weight is 474 g/mol. The topological polar surface area (TPSA) is 63.1 Å². The summed E-state index contributed by atoms with van der Waals surface area (Å²) in [4.78, 5) is 29.4.